The van der Waals surface area contributed by atoms with Gasteiger partial charge in [-0.15, -0.1) is 0 Å². The second-order valence-corrected chi connectivity index (χ2v) is 7.29. The molecular formula is C21H18ClN5O3. The summed E-state index contributed by atoms with van der Waals surface area (Å²) in [6.07, 6.45) is 0.0620. The summed E-state index contributed by atoms with van der Waals surface area (Å²) in [6, 6.07) is 17.8. The maximum atomic E-state index is 12.4. The average molecular weight is 424 g/mol. The van der Waals surface area contributed by atoms with Gasteiger partial charge in [0.05, 0.1) is 11.6 Å². The fourth-order valence-electron chi connectivity index (χ4n) is 3.24. The number of nitrogens with zero attached hydrogens (tertiary/aromatic N) is 2. The number of carbonyl (C=O) groups excluding carboxylic acids is 3. The normalized spacial score (nSPS) is 15.8. The van der Waals surface area contributed by atoms with Crippen LogP contribution < -0.4 is 15.8 Å². The molecule has 2 heterocycles. The van der Waals surface area contributed by atoms with E-state index in [1.165, 1.54) is 4.90 Å². The molecule has 9 heteroatoms. The van der Waals surface area contributed by atoms with Crippen molar-refractivity contribution in [2.45, 2.75) is 6.42 Å². The number of halogens is 1. The minimum absolute atomic E-state index is 0.0620. The van der Waals surface area contributed by atoms with Crippen LogP contribution in [0.4, 0.5) is 5.69 Å². The molecule has 1 saturated heterocycles. The van der Waals surface area contributed by atoms with Gasteiger partial charge in [-0.05, 0) is 30.3 Å². The predicted molar refractivity (Wildman–Crippen MR) is 112 cm³/mol. The van der Waals surface area contributed by atoms with E-state index in [1.807, 2.05) is 30.3 Å². The third kappa shape index (κ3) is 4.18. The second kappa shape index (κ2) is 8.38. The molecule has 8 nitrogen and oxygen atoms in total. The molecule has 2 aromatic carbocycles. The first kappa shape index (κ1) is 19.7. The van der Waals surface area contributed by atoms with Gasteiger partial charge >= 0.3 is 0 Å². The molecule has 0 bridgehead atoms. The maximum Gasteiger partial charge on any atom is 0.287 e. The van der Waals surface area contributed by atoms with Gasteiger partial charge in [0.2, 0.25) is 11.8 Å². The highest BCUT2D eigenvalue weighted by Crippen LogP contribution is 2.26. The Morgan fingerprint density at radius 3 is 2.53 bits per heavy atom. The van der Waals surface area contributed by atoms with Gasteiger partial charge in [0, 0.05) is 29.2 Å². The fourth-order valence-corrected chi connectivity index (χ4v) is 3.36. The van der Waals surface area contributed by atoms with Crippen molar-refractivity contribution < 1.29 is 14.4 Å². The fraction of sp³-hybridized carbons (Fsp3) is 0.143. The number of carbonyl (C=O) groups is 3. The number of aromatic nitrogens is 2. The summed E-state index contributed by atoms with van der Waals surface area (Å²) in [4.78, 5) is 38.6. The third-order valence-corrected chi connectivity index (χ3v) is 5.08. The number of hydrogen-bond acceptors (Lipinski definition) is 4. The van der Waals surface area contributed by atoms with Gasteiger partial charge in [-0.3, -0.25) is 30.3 Å². The van der Waals surface area contributed by atoms with Crippen LogP contribution in [0, 0.1) is 5.92 Å². The number of benzene rings is 2. The second-order valence-electron chi connectivity index (χ2n) is 6.86. The molecule has 1 fully saturated rings. The Kier molecular flexibility index (Phi) is 5.49. The SMILES string of the molecule is O=C(NNC(=O)C1CC(=O)N(c2ccc(Cl)cc2)C1)c1cc(-c2ccccc2)n[nH]1. The van der Waals surface area contributed by atoms with E-state index < -0.39 is 17.7 Å². The molecule has 3 amide bonds. The topological polar surface area (TPSA) is 107 Å². The minimum Gasteiger partial charge on any atom is -0.312 e. The molecule has 1 aliphatic heterocycles. The lowest BCUT2D eigenvalue weighted by atomic mass is 10.1. The van der Waals surface area contributed by atoms with E-state index >= 15 is 0 Å². The van der Waals surface area contributed by atoms with Crippen LogP contribution in [0.1, 0.15) is 16.9 Å². The van der Waals surface area contributed by atoms with Crippen LogP contribution in [0.15, 0.2) is 60.7 Å². The molecule has 1 unspecified atom stereocenters. The van der Waals surface area contributed by atoms with Gasteiger partial charge in [-0.1, -0.05) is 41.9 Å². The third-order valence-electron chi connectivity index (χ3n) is 4.83. The van der Waals surface area contributed by atoms with Crippen LogP contribution in [-0.4, -0.2) is 34.5 Å². The summed E-state index contributed by atoms with van der Waals surface area (Å²) in [7, 11) is 0. The smallest absolute Gasteiger partial charge is 0.287 e. The zero-order chi connectivity index (χ0) is 21.1. The summed E-state index contributed by atoms with van der Waals surface area (Å²) in [5, 5.41) is 7.33. The summed E-state index contributed by atoms with van der Waals surface area (Å²) >= 11 is 5.88. The van der Waals surface area contributed by atoms with Crippen LogP contribution in [0.3, 0.4) is 0 Å². The lowest BCUT2D eigenvalue weighted by molar-refractivity contribution is -0.126. The average Bonchev–Trinajstić information content (AvgIpc) is 3.40. The first-order chi connectivity index (χ1) is 14.5. The van der Waals surface area contributed by atoms with Crippen LogP contribution in [0.2, 0.25) is 5.02 Å². The molecule has 1 aromatic heterocycles. The number of aromatic amines is 1. The zero-order valence-electron chi connectivity index (χ0n) is 15.8. The standard InChI is InChI=1S/C21H18ClN5O3/c22-15-6-8-16(9-7-15)27-12-14(10-19(27)28)20(29)25-26-21(30)18-11-17(23-24-18)13-4-2-1-3-5-13/h1-9,11,14H,10,12H2,(H,23,24)(H,25,29)(H,26,30). The van der Waals surface area contributed by atoms with Crippen molar-refractivity contribution >= 4 is 35.0 Å². The van der Waals surface area contributed by atoms with Gasteiger partial charge in [0.1, 0.15) is 5.69 Å². The highest BCUT2D eigenvalue weighted by atomic mass is 35.5. The lowest BCUT2D eigenvalue weighted by Gasteiger charge is -2.16. The Morgan fingerprint density at radius 2 is 1.80 bits per heavy atom. The van der Waals surface area contributed by atoms with Gasteiger partial charge < -0.3 is 4.90 Å². The Hall–Kier alpha value is -3.65. The van der Waals surface area contributed by atoms with Crippen molar-refractivity contribution in [3.63, 3.8) is 0 Å². The van der Waals surface area contributed by atoms with E-state index in [1.54, 1.807) is 30.3 Å². The van der Waals surface area contributed by atoms with Crippen molar-refractivity contribution in [1.29, 1.82) is 0 Å². The van der Waals surface area contributed by atoms with Crippen molar-refractivity contribution in [3.05, 3.63) is 71.4 Å². The number of nitrogens with one attached hydrogen (secondary N) is 3. The van der Waals surface area contributed by atoms with Gasteiger partial charge in [0.25, 0.3) is 5.91 Å². The molecule has 4 rings (SSSR count). The summed E-state index contributed by atoms with van der Waals surface area (Å²) in [5.41, 5.74) is 7.11. The summed E-state index contributed by atoms with van der Waals surface area (Å²) in [6.45, 7) is 0.227. The lowest BCUT2D eigenvalue weighted by Crippen LogP contribution is -2.45. The molecule has 0 saturated carbocycles. The van der Waals surface area contributed by atoms with Crippen molar-refractivity contribution in [2.24, 2.45) is 5.92 Å². The van der Waals surface area contributed by atoms with Crippen LogP contribution in [0.25, 0.3) is 11.3 Å². The molecule has 1 aliphatic rings. The van der Waals surface area contributed by atoms with E-state index in [4.69, 9.17) is 11.6 Å². The van der Waals surface area contributed by atoms with E-state index in [-0.39, 0.29) is 24.6 Å². The van der Waals surface area contributed by atoms with Crippen molar-refractivity contribution in [1.82, 2.24) is 21.0 Å². The van der Waals surface area contributed by atoms with Gasteiger partial charge in [-0.25, -0.2) is 0 Å². The molecular weight excluding hydrogens is 406 g/mol. The monoisotopic (exact) mass is 423 g/mol. The minimum atomic E-state index is -0.574. The van der Waals surface area contributed by atoms with Crippen molar-refractivity contribution in [3.8, 4) is 11.3 Å². The number of anilines is 1. The molecule has 152 valence electrons. The molecule has 0 aliphatic carbocycles. The molecule has 30 heavy (non-hydrogen) atoms. The van der Waals surface area contributed by atoms with Crippen LogP contribution >= 0.6 is 11.6 Å². The number of hydrogen-bond donors (Lipinski definition) is 3. The quantitative estimate of drug-likeness (QED) is 0.560. The maximum absolute atomic E-state index is 12.4. The predicted octanol–water partition coefficient (Wildman–Crippen LogP) is 2.54. The molecule has 3 aromatic rings. The summed E-state index contributed by atoms with van der Waals surface area (Å²) < 4.78 is 0. The van der Waals surface area contributed by atoms with E-state index in [2.05, 4.69) is 21.0 Å². The van der Waals surface area contributed by atoms with E-state index in [9.17, 15) is 14.4 Å². The summed E-state index contributed by atoms with van der Waals surface area (Å²) in [5.74, 6) is -1.70. The number of hydrazine groups is 1. The molecule has 3 N–H and O–H groups in total. The van der Waals surface area contributed by atoms with Gasteiger partial charge in [-0.2, -0.15) is 5.10 Å². The van der Waals surface area contributed by atoms with Crippen LogP contribution in [0.5, 0.6) is 0 Å². The molecule has 0 radical (unpaired) electrons. The number of H-pyrrole nitrogens is 1. The van der Waals surface area contributed by atoms with E-state index in [0.29, 0.717) is 16.4 Å². The molecule has 1 atom stereocenters. The first-order valence-corrected chi connectivity index (χ1v) is 9.66. The van der Waals surface area contributed by atoms with E-state index in [0.717, 1.165) is 5.56 Å². The first-order valence-electron chi connectivity index (χ1n) is 9.28. The Bertz CT molecular complexity index is 1080. The highest BCUT2D eigenvalue weighted by Gasteiger charge is 2.35. The number of amides is 3. The largest absolute Gasteiger partial charge is 0.312 e. The Balaban J connectivity index is 1.33. The van der Waals surface area contributed by atoms with Crippen LogP contribution in [-0.2, 0) is 9.59 Å². The highest BCUT2D eigenvalue weighted by molar-refractivity contribution is 6.30. The van der Waals surface area contributed by atoms with Gasteiger partial charge in [0.15, 0.2) is 0 Å². The molecule has 0 spiro atoms. The Morgan fingerprint density at radius 1 is 1.07 bits per heavy atom. The van der Waals surface area contributed by atoms with Crippen molar-refractivity contribution in [2.75, 3.05) is 11.4 Å². The Labute approximate surface area is 177 Å². The number of rotatable bonds is 4. The zero-order valence-corrected chi connectivity index (χ0v) is 16.5.